The average molecular weight is 358 g/mol. The Morgan fingerprint density at radius 2 is 2.19 bits per heavy atom. The van der Waals surface area contributed by atoms with E-state index < -0.39 is 0 Å². The molecule has 0 unspecified atom stereocenters. The van der Waals surface area contributed by atoms with Gasteiger partial charge in [0.15, 0.2) is 0 Å². The van der Waals surface area contributed by atoms with Crippen molar-refractivity contribution in [2.24, 2.45) is 0 Å². The quantitative estimate of drug-likeness (QED) is 0.811. The summed E-state index contributed by atoms with van der Waals surface area (Å²) in [6.45, 7) is 6.02. The lowest BCUT2D eigenvalue weighted by Gasteiger charge is -2.44. The number of morpholine rings is 1. The Bertz CT molecular complexity index is 773. The lowest BCUT2D eigenvalue weighted by molar-refractivity contribution is -0.139. The molecule has 0 bridgehead atoms. The second-order valence-corrected chi connectivity index (χ2v) is 7.41. The molecular formula is C19H26N4O3. The van der Waals surface area contributed by atoms with E-state index in [-0.39, 0.29) is 24.2 Å². The molecule has 7 nitrogen and oxygen atoms in total. The summed E-state index contributed by atoms with van der Waals surface area (Å²) in [6.07, 6.45) is 5.30. The van der Waals surface area contributed by atoms with Gasteiger partial charge in [0.05, 0.1) is 23.8 Å². The maximum absolute atomic E-state index is 11.7. The minimum Gasteiger partial charge on any atom is -0.369 e. The van der Waals surface area contributed by atoms with Crippen LogP contribution >= 0.6 is 0 Å². The van der Waals surface area contributed by atoms with Crippen molar-refractivity contribution >= 4 is 22.5 Å². The van der Waals surface area contributed by atoms with Gasteiger partial charge in [0.1, 0.15) is 6.61 Å². The van der Waals surface area contributed by atoms with E-state index in [4.69, 9.17) is 9.47 Å². The molecule has 0 aromatic carbocycles. The molecule has 0 spiro atoms. The Kier molecular flexibility index (Phi) is 5.38. The Morgan fingerprint density at radius 3 is 2.96 bits per heavy atom. The molecular weight excluding hydrogens is 332 g/mol. The zero-order chi connectivity index (χ0) is 18.7. The number of pyridine rings is 2. The maximum Gasteiger partial charge on any atom is 0.248 e. The number of amides is 1. The Hall–Kier alpha value is -2.25. The second kappa shape index (κ2) is 7.55. The molecule has 0 radical (unpaired) electrons. The molecule has 0 saturated carbocycles. The summed E-state index contributed by atoms with van der Waals surface area (Å²) in [5.74, 6) is -0.0527. The van der Waals surface area contributed by atoms with Gasteiger partial charge >= 0.3 is 0 Å². The number of fused-ring (bicyclic) bond motifs is 1. The third-order valence-corrected chi connectivity index (χ3v) is 4.37. The lowest BCUT2D eigenvalue weighted by atomic mass is 10.0. The molecule has 3 heterocycles. The monoisotopic (exact) mass is 358 g/mol. The Balaban J connectivity index is 1.74. The predicted octanol–water partition coefficient (Wildman–Crippen LogP) is 1.72. The van der Waals surface area contributed by atoms with Crippen LogP contribution in [0.5, 0.6) is 0 Å². The molecule has 1 fully saturated rings. The van der Waals surface area contributed by atoms with E-state index in [9.17, 15) is 4.79 Å². The summed E-state index contributed by atoms with van der Waals surface area (Å²) in [5, 5.41) is 1.02. The molecule has 1 aliphatic rings. The zero-order valence-electron chi connectivity index (χ0n) is 15.8. The number of rotatable bonds is 5. The van der Waals surface area contributed by atoms with Crippen LogP contribution in [0.25, 0.3) is 10.9 Å². The van der Waals surface area contributed by atoms with Crippen LogP contribution in [-0.4, -0.2) is 72.9 Å². The molecule has 1 atom stereocenters. The van der Waals surface area contributed by atoms with E-state index in [0.717, 1.165) is 23.1 Å². The number of likely N-dealkylation sites (N-methyl/N-ethyl adjacent to an activating group) is 1. The smallest absolute Gasteiger partial charge is 0.248 e. The van der Waals surface area contributed by atoms with Gasteiger partial charge in [-0.1, -0.05) is 0 Å². The van der Waals surface area contributed by atoms with Gasteiger partial charge in [0, 0.05) is 56.8 Å². The first-order valence-electron chi connectivity index (χ1n) is 8.75. The summed E-state index contributed by atoms with van der Waals surface area (Å²) in [6, 6.07) is 3.93. The molecule has 2 aromatic rings. The van der Waals surface area contributed by atoms with Crippen molar-refractivity contribution in [3.63, 3.8) is 0 Å². The number of hydrogen-bond donors (Lipinski definition) is 0. The summed E-state index contributed by atoms with van der Waals surface area (Å²) < 4.78 is 11.8. The molecule has 1 saturated heterocycles. The number of ether oxygens (including phenoxy) is 2. The van der Waals surface area contributed by atoms with Gasteiger partial charge in [-0.15, -0.1) is 0 Å². The molecule has 7 heteroatoms. The number of hydrogen-bond acceptors (Lipinski definition) is 6. The average Bonchev–Trinajstić information content (AvgIpc) is 2.59. The fourth-order valence-electron chi connectivity index (χ4n) is 3.22. The largest absolute Gasteiger partial charge is 0.369 e. The van der Waals surface area contributed by atoms with E-state index in [2.05, 4.69) is 28.7 Å². The number of anilines is 1. The molecule has 1 aliphatic heterocycles. The van der Waals surface area contributed by atoms with Gasteiger partial charge < -0.3 is 19.3 Å². The fourth-order valence-corrected chi connectivity index (χ4v) is 3.22. The summed E-state index contributed by atoms with van der Waals surface area (Å²) in [4.78, 5) is 24.1. The van der Waals surface area contributed by atoms with Crippen molar-refractivity contribution in [1.29, 1.82) is 0 Å². The van der Waals surface area contributed by atoms with Crippen LogP contribution in [0.1, 0.15) is 13.8 Å². The highest BCUT2D eigenvalue weighted by atomic mass is 16.5. The Morgan fingerprint density at radius 1 is 1.38 bits per heavy atom. The normalized spacial score (nSPS) is 19.5. The fraction of sp³-hybridized carbons (Fsp3) is 0.526. The first-order chi connectivity index (χ1) is 12.4. The number of carbonyl (C=O) groups excluding carboxylic acids is 1. The molecule has 140 valence electrons. The van der Waals surface area contributed by atoms with Crippen LogP contribution in [0.15, 0.2) is 30.7 Å². The SMILES string of the molecule is CN(C)C(=O)COC[C@@H]1CN(c2ccnc3ccncc23)CC(C)(C)O1. The van der Waals surface area contributed by atoms with Crippen molar-refractivity contribution in [3.8, 4) is 0 Å². The van der Waals surface area contributed by atoms with Crippen LogP contribution in [0.2, 0.25) is 0 Å². The van der Waals surface area contributed by atoms with Crippen molar-refractivity contribution < 1.29 is 14.3 Å². The van der Waals surface area contributed by atoms with Gasteiger partial charge in [-0.2, -0.15) is 0 Å². The molecule has 1 amide bonds. The van der Waals surface area contributed by atoms with E-state index in [1.54, 1.807) is 20.3 Å². The van der Waals surface area contributed by atoms with Crippen molar-refractivity contribution in [2.45, 2.75) is 25.6 Å². The third-order valence-electron chi connectivity index (χ3n) is 4.37. The van der Waals surface area contributed by atoms with Crippen molar-refractivity contribution in [3.05, 3.63) is 30.7 Å². The summed E-state index contributed by atoms with van der Waals surface area (Å²) in [7, 11) is 3.44. The van der Waals surface area contributed by atoms with Crippen molar-refractivity contribution in [1.82, 2.24) is 14.9 Å². The van der Waals surface area contributed by atoms with E-state index >= 15 is 0 Å². The van der Waals surface area contributed by atoms with Crippen molar-refractivity contribution in [2.75, 3.05) is 45.3 Å². The highest BCUT2D eigenvalue weighted by Crippen LogP contribution is 2.30. The first kappa shape index (κ1) is 18.5. The molecule has 26 heavy (non-hydrogen) atoms. The third kappa shape index (κ3) is 4.28. The van der Waals surface area contributed by atoms with Crippen LogP contribution in [0.3, 0.4) is 0 Å². The van der Waals surface area contributed by atoms with Crippen LogP contribution in [0.4, 0.5) is 5.69 Å². The van der Waals surface area contributed by atoms with Gasteiger partial charge in [-0.3, -0.25) is 14.8 Å². The van der Waals surface area contributed by atoms with Gasteiger partial charge in [0.25, 0.3) is 0 Å². The molecule has 3 rings (SSSR count). The zero-order valence-corrected chi connectivity index (χ0v) is 15.8. The standard InChI is InChI=1S/C19H26N4O3/c1-19(2)13-23(10-14(26-19)11-25-12-18(24)22(3)4)17-6-8-21-16-5-7-20-9-15(16)17/h5-9,14H,10-13H2,1-4H3/t14-/m0/s1. The highest BCUT2D eigenvalue weighted by Gasteiger charge is 2.34. The first-order valence-corrected chi connectivity index (χ1v) is 8.75. The lowest BCUT2D eigenvalue weighted by Crippen LogP contribution is -2.54. The number of aromatic nitrogens is 2. The van der Waals surface area contributed by atoms with E-state index in [1.165, 1.54) is 4.90 Å². The van der Waals surface area contributed by atoms with Crippen LogP contribution in [0, 0.1) is 0 Å². The van der Waals surface area contributed by atoms with Crippen LogP contribution in [-0.2, 0) is 14.3 Å². The molecule has 0 aliphatic carbocycles. The van der Waals surface area contributed by atoms with Gasteiger partial charge in [-0.25, -0.2) is 0 Å². The second-order valence-electron chi connectivity index (χ2n) is 7.41. The molecule has 2 aromatic heterocycles. The van der Waals surface area contributed by atoms with E-state index in [0.29, 0.717) is 13.2 Å². The van der Waals surface area contributed by atoms with Crippen LogP contribution < -0.4 is 4.90 Å². The maximum atomic E-state index is 11.7. The van der Waals surface area contributed by atoms with Gasteiger partial charge in [-0.05, 0) is 26.0 Å². The Labute approximate surface area is 153 Å². The topological polar surface area (TPSA) is 67.8 Å². The predicted molar refractivity (Wildman–Crippen MR) is 100 cm³/mol. The minimum atomic E-state index is -0.324. The summed E-state index contributed by atoms with van der Waals surface area (Å²) >= 11 is 0. The summed E-state index contributed by atoms with van der Waals surface area (Å²) in [5.41, 5.74) is 1.69. The van der Waals surface area contributed by atoms with Gasteiger partial charge in [0.2, 0.25) is 5.91 Å². The number of carbonyl (C=O) groups is 1. The highest BCUT2D eigenvalue weighted by molar-refractivity contribution is 5.90. The van der Waals surface area contributed by atoms with E-state index in [1.807, 2.05) is 24.5 Å². The minimum absolute atomic E-state index is 0.0527. The number of nitrogens with zero attached hydrogens (tertiary/aromatic N) is 4. The molecule has 0 N–H and O–H groups in total.